The van der Waals surface area contributed by atoms with E-state index in [1.165, 1.54) is 20.3 Å². The lowest BCUT2D eigenvalue weighted by atomic mass is 9.99. The molecule has 2 heterocycles. The van der Waals surface area contributed by atoms with Crippen molar-refractivity contribution in [2.45, 2.75) is 25.9 Å². The number of methoxy groups -OCH3 is 2. The van der Waals surface area contributed by atoms with Gasteiger partial charge in [-0.05, 0) is 142 Å². The van der Waals surface area contributed by atoms with Crippen LogP contribution in [0, 0.1) is 0 Å². The Balaban J connectivity index is 0.000000197. The Labute approximate surface area is 390 Å². The number of carbonyl (C=O) groups is 4. The second kappa shape index (κ2) is 21.4. The minimum absolute atomic E-state index is 0.125. The molecular formula is C52H44Cl2N2O10. The van der Waals surface area contributed by atoms with Crippen LogP contribution in [0.25, 0.3) is 21.8 Å². The van der Waals surface area contributed by atoms with Crippen molar-refractivity contribution in [3.8, 4) is 11.5 Å². The van der Waals surface area contributed by atoms with E-state index < -0.39 is 23.9 Å². The molecule has 0 radical (unpaired) electrons. The Kier molecular flexibility index (Phi) is 15.1. The number of fused-ring (bicyclic) bond motifs is 2. The first-order valence-corrected chi connectivity index (χ1v) is 21.4. The average molecular weight is 928 g/mol. The summed E-state index contributed by atoms with van der Waals surface area (Å²) in [6.45, 7) is 0.756. The fourth-order valence-electron chi connectivity index (χ4n) is 7.55. The van der Waals surface area contributed by atoms with Crippen molar-refractivity contribution in [2.75, 3.05) is 27.4 Å². The van der Waals surface area contributed by atoms with Gasteiger partial charge in [0.25, 0.3) is 0 Å². The molecule has 0 unspecified atom stereocenters. The van der Waals surface area contributed by atoms with E-state index in [4.69, 9.17) is 42.5 Å². The van der Waals surface area contributed by atoms with Gasteiger partial charge in [-0.1, -0.05) is 71.7 Å². The number of carbonyl (C=O) groups excluding carboxylic acids is 2. The van der Waals surface area contributed by atoms with Gasteiger partial charge in [-0.2, -0.15) is 0 Å². The first kappa shape index (κ1) is 46.5. The van der Waals surface area contributed by atoms with Gasteiger partial charge in [0.1, 0.15) is 11.5 Å². The molecule has 0 aliphatic rings. The predicted octanol–water partition coefficient (Wildman–Crippen LogP) is 10.4. The molecule has 12 nitrogen and oxygen atoms in total. The van der Waals surface area contributed by atoms with Crippen LogP contribution in [-0.2, 0) is 45.0 Å². The molecule has 0 aliphatic carbocycles. The van der Waals surface area contributed by atoms with Crippen LogP contribution >= 0.6 is 23.2 Å². The molecule has 8 rings (SSSR count). The van der Waals surface area contributed by atoms with Crippen molar-refractivity contribution in [1.82, 2.24) is 9.13 Å². The number of halogens is 2. The molecule has 0 atom stereocenters. The summed E-state index contributed by atoms with van der Waals surface area (Å²) in [6, 6.07) is 41.6. The van der Waals surface area contributed by atoms with E-state index in [1.807, 2.05) is 79.1 Å². The molecule has 6 aromatic carbocycles. The van der Waals surface area contributed by atoms with Crippen molar-refractivity contribution >= 4 is 68.9 Å². The number of nitrogens with zero attached hydrogens (tertiary/aromatic N) is 2. The number of ether oxygens (including phenoxy) is 4. The van der Waals surface area contributed by atoms with E-state index >= 15 is 0 Å². The van der Waals surface area contributed by atoms with Crippen LogP contribution in [-0.4, -0.2) is 70.7 Å². The molecular weight excluding hydrogens is 883 g/mol. The summed E-state index contributed by atoms with van der Waals surface area (Å²) in [7, 11) is 2.70. The van der Waals surface area contributed by atoms with Crippen LogP contribution in [0.1, 0.15) is 54.1 Å². The first-order chi connectivity index (χ1) is 31.8. The van der Waals surface area contributed by atoms with Crippen LogP contribution < -0.4 is 9.47 Å². The molecule has 0 aliphatic heterocycles. The number of hydrogen-bond acceptors (Lipinski definition) is 8. The van der Waals surface area contributed by atoms with E-state index in [1.54, 1.807) is 30.3 Å². The first-order valence-electron chi connectivity index (χ1n) is 20.6. The highest BCUT2D eigenvalue weighted by Gasteiger charge is 2.15. The molecule has 0 saturated carbocycles. The fourth-order valence-corrected chi connectivity index (χ4v) is 7.89. The standard InChI is InChI=1S/C27H24ClNO5.C25H20ClNO5/c1-32-26(30)17-34-23-5-3-4-19(14-23)16-29-11-10-21-13-18(6-9-25(21)29)12-20-7-8-22(28)15-24(20)27(31)33-2;26-20-6-5-18(22(13-20)25(30)31)10-16-4-7-23-19(11-16)8-9-27(23)14-17-2-1-3-21(12-17)32-15-24(28)29/h3-11,13-15H,12,16-17H2,1-2H3;1-9,11-13H,10,14-15H2,(H,28,29)(H,30,31). The van der Waals surface area contributed by atoms with E-state index in [0.717, 1.165) is 49.6 Å². The molecule has 14 heteroatoms. The maximum absolute atomic E-state index is 12.2. The number of hydrogen-bond donors (Lipinski definition) is 2. The topological polar surface area (TPSA) is 156 Å². The third-order valence-corrected chi connectivity index (χ3v) is 11.2. The van der Waals surface area contributed by atoms with E-state index in [2.05, 4.69) is 44.2 Å². The third-order valence-electron chi connectivity index (χ3n) is 10.7. The summed E-state index contributed by atoms with van der Waals surface area (Å²) in [4.78, 5) is 45.7. The van der Waals surface area contributed by atoms with Gasteiger partial charge in [0.15, 0.2) is 13.2 Å². The van der Waals surface area contributed by atoms with Crippen LogP contribution in [0.5, 0.6) is 11.5 Å². The number of rotatable bonds is 16. The third kappa shape index (κ3) is 12.0. The zero-order valence-electron chi connectivity index (χ0n) is 35.9. The van der Waals surface area contributed by atoms with E-state index in [-0.39, 0.29) is 18.8 Å². The van der Waals surface area contributed by atoms with Crippen LogP contribution in [0.3, 0.4) is 0 Å². The lowest BCUT2D eigenvalue weighted by Crippen LogP contribution is -2.12. The molecule has 0 saturated heterocycles. The van der Waals surface area contributed by atoms with E-state index in [0.29, 0.717) is 58.6 Å². The van der Waals surface area contributed by atoms with Crippen molar-refractivity contribution in [2.24, 2.45) is 0 Å². The highest BCUT2D eigenvalue weighted by Crippen LogP contribution is 2.27. The average Bonchev–Trinajstić information content (AvgIpc) is 3.91. The highest BCUT2D eigenvalue weighted by molar-refractivity contribution is 6.31. The molecule has 0 amide bonds. The van der Waals surface area contributed by atoms with Gasteiger partial charge in [-0.25, -0.2) is 19.2 Å². The monoisotopic (exact) mass is 926 g/mol. The fraction of sp³-hybridized carbons (Fsp3) is 0.154. The molecule has 0 spiro atoms. The molecule has 2 N–H and O–H groups in total. The Hall–Kier alpha value is -7.54. The maximum atomic E-state index is 12.2. The largest absolute Gasteiger partial charge is 0.482 e. The van der Waals surface area contributed by atoms with E-state index in [9.17, 15) is 24.3 Å². The summed E-state index contributed by atoms with van der Waals surface area (Å²) >= 11 is 12.0. The van der Waals surface area contributed by atoms with Crippen molar-refractivity contribution < 1.29 is 48.3 Å². The van der Waals surface area contributed by atoms with Gasteiger partial charge in [0, 0.05) is 46.6 Å². The Morgan fingerprint density at radius 3 is 1.52 bits per heavy atom. The lowest BCUT2D eigenvalue weighted by Gasteiger charge is -2.11. The van der Waals surface area contributed by atoms with Crippen LogP contribution in [0.15, 0.2) is 146 Å². The number of carboxylic acid groups (broad SMARTS) is 2. The molecule has 66 heavy (non-hydrogen) atoms. The normalized spacial score (nSPS) is 10.8. The number of carboxylic acids is 2. The van der Waals surface area contributed by atoms with Gasteiger partial charge >= 0.3 is 23.9 Å². The molecule has 336 valence electrons. The number of aromatic carboxylic acids is 1. The number of aliphatic carboxylic acids is 1. The summed E-state index contributed by atoms with van der Waals surface area (Å²) in [6.07, 6.45) is 5.11. The highest BCUT2D eigenvalue weighted by atomic mass is 35.5. The zero-order chi connectivity index (χ0) is 46.7. The molecule has 2 aromatic heterocycles. The summed E-state index contributed by atoms with van der Waals surface area (Å²) in [5, 5.41) is 21.3. The van der Waals surface area contributed by atoms with Crippen LogP contribution in [0.4, 0.5) is 0 Å². The van der Waals surface area contributed by atoms with Crippen molar-refractivity contribution in [3.05, 3.63) is 200 Å². The SMILES string of the molecule is COC(=O)COc1cccc(Cn2ccc3cc(Cc4ccc(Cl)cc4C(=O)OC)ccc32)c1.O=C(O)COc1cccc(Cn2ccc3cc(Cc4ccc(Cl)cc4C(=O)O)ccc32)c1. The Morgan fingerprint density at radius 1 is 0.530 bits per heavy atom. The molecule has 8 aromatic rings. The summed E-state index contributed by atoms with van der Waals surface area (Å²) in [5.41, 5.74) is 8.50. The second-order valence-corrected chi connectivity index (χ2v) is 16.1. The lowest BCUT2D eigenvalue weighted by molar-refractivity contribution is -0.143. The number of aromatic nitrogens is 2. The summed E-state index contributed by atoms with van der Waals surface area (Å²) in [5.74, 6) is -1.70. The summed E-state index contributed by atoms with van der Waals surface area (Å²) < 4.78 is 24.5. The van der Waals surface area contributed by atoms with Crippen LogP contribution in [0.2, 0.25) is 10.0 Å². The quantitative estimate of drug-likeness (QED) is 0.0895. The second-order valence-electron chi connectivity index (χ2n) is 15.3. The van der Waals surface area contributed by atoms with Gasteiger partial charge in [-0.15, -0.1) is 0 Å². The predicted molar refractivity (Wildman–Crippen MR) is 252 cm³/mol. The van der Waals surface area contributed by atoms with Gasteiger partial charge in [-0.3, -0.25) is 0 Å². The van der Waals surface area contributed by atoms with Crippen molar-refractivity contribution in [1.29, 1.82) is 0 Å². The molecule has 0 fully saturated rings. The number of benzene rings is 6. The smallest absolute Gasteiger partial charge is 0.343 e. The zero-order valence-corrected chi connectivity index (χ0v) is 37.4. The molecule has 0 bridgehead atoms. The van der Waals surface area contributed by atoms with Gasteiger partial charge in [0.2, 0.25) is 0 Å². The van der Waals surface area contributed by atoms with Crippen molar-refractivity contribution in [3.63, 3.8) is 0 Å². The van der Waals surface area contributed by atoms with Gasteiger partial charge < -0.3 is 38.3 Å². The Morgan fingerprint density at radius 2 is 1.03 bits per heavy atom. The van der Waals surface area contributed by atoms with Gasteiger partial charge in [0.05, 0.1) is 25.3 Å². The minimum Gasteiger partial charge on any atom is -0.482 e. The number of esters is 2. The minimum atomic E-state index is -1.02. The Bertz CT molecular complexity index is 3070. The maximum Gasteiger partial charge on any atom is 0.343 e.